The molecule has 0 radical (unpaired) electrons. The van der Waals surface area contributed by atoms with Gasteiger partial charge < -0.3 is 24.4 Å². The predicted octanol–water partition coefficient (Wildman–Crippen LogP) is 6.24. The van der Waals surface area contributed by atoms with Gasteiger partial charge in [0, 0.05) is 59.0 Å². The summed E-state index contributed by atoms with van der Waals surface area (Å²) in [5.74, 6) is -1.12. The fraction of sp³-hybridized carbons (Fsp3) is 0.438. The van der Waals surface area contributed by atoms with Gasteiger partial charge in [0.15, 0.2) is 5.82 Å². The third-order valence-corrected chi connectivity index (χ3v) is 8.94. The smallest absolute Gasteiger partial charge is 0.412 e. The molecule has 2 aliphatic rings. The Balaban J connectivity index is 1.51. The zero-order valence-corrected chi connectivity index (χ0v) is 26.7. The molecule has 2 aliphatic heterocycles. The number of hydrogen-bond acceptors (Lipinski definition) is 10. The molecule has 236 valence electrons. The van der Waals surface area contributed by atoms with Gasteiger partial charge in [-0.15, -0.1) is 11.3 Å². The molecule has 2 N–H and O–H groups in total. The highest BCUT2D eigenvalue weighted by Gasteiger charge is 2.36. The summed E-state index contributed by atoms with van der Waals surface area (Å²) in [5.41, 5.74) is 0.313. The Hall–Kier alpha value is -3.96. The van der Waals surface area contributed by atoms with Crippen LogP contribution in [0, 0.1) is 23.0 Å². The largest absolute Gasteiger partial charge is 0.444 e. The zero-order chi connectivity index (χ0) is 32.2. The maximum Gasteiger partial charge on any atom is 0.412 e. The molecule has 2 aromatic carbocycles. The Labute approximate surface area is 263 Å². The average Bonchev–Trinajstić information content (AvgIpc) is 3.69. The first-order valence-electron chi connectivity index (χ1n) is 14.7. The minimum Gasteiger partial charge on any atom is -0.444 e. The van der Waals surface area contributed by atoms with E-state index in [1.54, 1.807) is 34.1 Å². The summed E-state index contributed by atoms with van der Waals surface area (Å²) in [5, 5.41) is 17.2. The van der Waals surface area contributed by atoms with Crippen molar-refractivity contribution < 1.29 is 27.8 Å². The number of nitriles is 1. The van der Waals surface area contributed by atoms with Gasteiger partial charge >= 0.3 is 6.09 Å². The molecule has 2 atom stereocenters. The number of anilines is 2. The van der Waals surface area contributed by atoms with Gasteiger partial charge in [-0.1, -0.05) is 13.8 Å². The van der Waals surface area contributed by atoms with Gasteiger partial charge in [0.05, 0.1) is 30.9 Å². The lowest BCUT2D eigenvalue weighted by Gasteiger charge is -2.20. The molecule has 4 heterocycles. The molecular weight excluding hydrogens is 602 g/mol. The molecule has 10 nitrogen and oxygen atoms in total. The number of carbonyl (C=O) groups excluding carboxylic acids is 1. The Kier molecular flexibility index (Phi) is 8.11. The van der Waals surface area contributed by atoms with Crippen LogP contribution in [0.5, 0.6) is 0 Å². The van der Waals surface area contributed by atoms with Crippen molar-refractivity contribution in [3.8, 4) is 17.2 Å². The second kappa shape index (κ2) is 11.8. The number of amides is 1. The minimum absolute atomic E-state index is 0.0114. The molecule has 0 unspecified atom stereocenters. The molecule has 13 heteroatoms. The van der Waals surface area contributed by atoms with Crippen LogP contribution in [-0.2, 0) is 27.4 Å². The minimum atomic E-state index is -0.772. The van der Waals surface area contributed by atoms with E-state index in [0.717, 1.165) is 11.3 Å². The summed E-state index contributed by atoms with van der Waals surface area (Å²) < 4.78 is 50.1. The summed E-state index contributed by atoms with van der Waals surface area (Å²) in [4.78, 5) is 23.8. The van der Waals surface area contributed by atoms with Gasteiger partial charge in [-0.25, -0.2) is 23.5 Å². The number of benzene rings is 2. The number of thiophene rings is 1. The van der Waals surface area contributed by atoms with Crippen molar-refractivity contribution in [1.82, 2.24) is 15.3 Å². The predicted molar refractivity (Wildman–Crippen MR) is 168 cm³/mol. The number of nitrogens with one attached hydrogen (secondary N) is 2. The van der Waals surface area contributed by atoms with E-state index in [1.807, 2.05) is 4.90 Å². The summed E-state index contributed by atoms with van der Waals surface area (Å²) >= 11 is 1.08. The lowest BCUT2D eigenvalue weighted by molar-refractivity contribution is 0.0636. The molecule has 0 spiro atoms. The van der Waals surface area contributed by atoms with Gasteiger partial charge in [-0.3, -0.25) is 5.32 Å². The molecule has 2 aromatic heterocycles. The highest BCUT2D eigenvalue weighted by molar-refractivity contribution is 7.23. The quantitative estimate of drug-likeness (QED) is 0.253. The lowest BCUT2D eigenvalue weighted by Crippen LogP contribution is -2.43. The van der Waals surface area contributed by atoms with E-state index >= 15 is 8.78 Å². The van der Waals surface area contributed by atoms with E-state index < -0.39 is 23.3 Å². The average molecular weight is 637 g/mol. The van der Waals surface area contributed by atoms with Crippen molar-refractivity contribution in [2.24, 2.45) is 0 Å². The van der Waals surface area contributed by atoms with Crippen LogP contribution in [0.4, 0.5) is 24.5 Å². The third-order valence-electron chi connectivity index (χ3n) is 7.87. The van der Waals surface area contributed by atoms with Crippen LogP contribution in [-0.4, -0.2) is 60.0 Å². The first-order valence-corrected chi connectivity index (χ1v) is 15.5. The number of hydrogen-bond donors (Lipinski definition) is 2. The van der Waals surface area contributed by atoms with Gasteiger partial charge in [0.25, 0.3) is 0 Å². The molecule has 45 heavy (non-hydrogen) atoms. The highest BCUT2D eigenvalue weighted by atomic mass is 32.1. The number of carbonyl (C=O) groups is 1. The number of fused-ring (bicyclic) bond motifs is 4. The van der Waals surface area contributed by atoms with Gasteiger partial charge in [0.1, 0.15) is 28.0 Å². The van der Waals surface area contributed by atoms with E-state index in [2.05, 4.69) is 40.5 Å². The molecule has 1 amide bonds. The van der Waals surface area contributed by atoms with Gasteiger partial charge in [-0.2, -0.15) is 5.26 Å². The molecular formula is C32H34F2N6O4S. The standard InChI is InChI=1S/C32H34F2N6O4S/c1-15(2)37-21-11-40(12-22(21)42-6)30-36-10-17-18-13-43-14-19(18)25(27(34)28(17)38-30)26-20(33)7-8-23-24(26)16(9-35)29(45-23)39-31(41)44-32(3,4)5/h7-8,10,15,21-22,37H,11-14H2,1-6H3,(H,39,41)/t21-,22+/m1/s1. The number of halogens is 2. The lowest BCUT2D eigenvalue weighted by atomic mass is 9.90. The number of rotatable bonds is 6. The third kappa shape index (κ3) is 5.68. The first-order chi connectivity index (χ1) is 21.4. The van der Waals surface area contributed by atoms with E-state index in [9.17, 15) is 10.1 Å². The zero-order valence-electron chi connectivity index (χ0n) is 25.9. The van der Waals surface area contributed by atoms with Crippen LogP contribution in [0.3, 0.4) is 0 Å². The molecule has 1 fully saturated rings. The normalized spacial score (nSPS) is 18.2. The van der Waals surface area contributed by atoms with E-state index in [1.165, 1.54) is 12.1 Å². The maximum absolute atomic E-state index is 16.9. The Bertz CT molecular complexity index is 1870. The highest BCUT2D eigenvalue weighted by Crippen LogP contribution is 2.47. The Morgan fingerprint density at radius 2 is 1.96 bits per heavy atom. The first kappa shape index (κ1) is 31.0. The van der Waals surface area contributed by atoms with Crippen LogP contribution >= 0.6 is 11.3 Å². The monoisotopic (exact) mass is 636 g/mol. The summed E-state index contributed by atoms with van der Waals surface area (Å²) in [6, 6.07) is 5.11. The molecule has 6 rings (SSSR count). The van der Waals surface area contributed by atoms with E-state index in [0.29, 0.717) is 40.3 Å². The topological polar surface area (TPSA) is 122 Å². The van der Waals surface area contributed by atoms with Crippen molar-refractivity contribution in [3.63, 3.8) is 0 Å². The summed E-state index contributed by atoms with van der Waals surface area (Å²) in [7, 11) is 1.66. The summed E-state index contributed by atoms with van der Waals surface area (Å²) in [6.45, 7) is 10.6. The van der Waals surface area contributed by atoms with Crippen LogP contribution < -0.4 is 15.5 Å². The SMILES string of the molecule is CO[C@H]1CN(c2ncc3c4c(c(-c5c(F)ccc6sc(NC(=O)OC(C)(C)C)c(C#N)c56)c(F)c3n2)COC4)C[C@H]1NC(C)C. The van der Waals surface area contributed by atoms with Crippen molar-refractivity contribution in [2.75, 3.05) is 30.4 Å². The fourth-order valence-corrected chi connectivity index (χ4v) is 7.13. The second-order valence-electron chi connectivity index (χ2n) is 12.5. The van der Waals surface area contributed by atoms with E-state index in [4.69, 9.17) is 14.2 Å². The second-order valence-corrected chi connectivity index (χ2v) is 13.6. The van der Waals surface area contributed by atoms with Gasteiger partial charge in [0.2, 0.25) is 5.95 Å². The number of aromatic nitrogens is 2. The number of nitrogens with zero attached hydrogens (tertiary/aromatic N) is 4. The van der Waals surface area contributed by atoms with Crippen molar-refractivity contribution in [1.29, 1.82) is 5.26 Å². The van der Waals surface area contributed by atoms with Gasteiger partial charge in [-0.05, 0) is 44.0 Å². The van der Waals surface area contributed by atoms with E-state index in [-0.39, 0.29) is 64.0 Å². The van der Waals surface area contributed by atoms with Crippen LogP contribution in [0.15, 0.2) is 18.3 Å². The Morgan fingerprint density at radius 1 is 1.20 bits per heavy atom. The molecule has 0 bridgehead atoms. The number of ether oxygens (including phenoxy) is 3. The van der Waals surface area contributed by atoms with Crippen molar-refractivity contribution in [2.45, 2.75) is 71.6 Å². The van der Waals surface area contributed by atoms with Crippen LogP contribution in [0.25, 0.3) is 32.1 Å². The number of methoxy groups -OCH3 is 1. The Morgan fingerprint density at radius 3 is 2.64 bits per heavy atom. The molecule has 4 aromatic rings. The summed E-state index contributed by atoms with van der Waals surface area (Å²) in [6.07, 6.45) is 0.721. The fourth-order valence-electron chi connectivity index (χ4n) is 6.08. The molecule has 1 saturated heterocycles. The van der Waals surface area contributed by atoms with Crippen molar-refractivity contribution in [3.05, 3.63) is 46.7 Å². The van der Waals surface area contributed by atoms with Crippen molar-refractivity contribution >= 4 is 49.4 Å². The van der Waals surface area contributed by atoms with Crippen LogP contribution in [0.2, 0.25) is 0 Å². The molecule has 0 aliphatic carbocycles. The molecule has 0 saturated carbocycles. The van der Waals surface area contributed by atoms with Crippen LogP contribution in [0.1, 0.15) is 51.3 Å². The maximum atomic E-state index is 16.9.